The summed E-state index contributed by atoms with van der Waals surface area (Å²) in [5.41, 5.74) is 1.03. The van der Waals surface area contributed by atoms with E-state index in [2.05, 4.69) is 13.8 Å². The summed E-state index contributed by atoms with van der Waals surface area (Å²) in [6.45, 7) is 11.2. The van der Waals surface area contributed by atoms with Crippen molar-refractivity contribution in [3.05, 3.63) is 64.7 Å². The molecule has 0 saturated heterocycles. The van der Waals surface area contributed by atoms with Crippen LogP contribution in [0.3, 0.4) is 0 Å². The van der Waals surface area contributed by atoms with Crippen molar-refractivity contribution < 1.29 is 19.1 Å². The molecule has 8 heteroatoms. The van der Waals surface area contributed by atoms with Crippen LogP contribution in [-0.2, 0) is 14.3 Å². The number of fused-ring (bicyclic) bond motifs is 1. The summed E-state index contributed by atoms with van der Waals surface area (Å²) in [4.78, 5) is 46.1. The normalized spacial score (nSPS) is 11.9. The lowest BCUT2D eigenvalue weighted by atomic mass is 10.1. The molecule has 0 aliphatic carbocycles. The fraction of sp³-hybridized carbons (Fsp3) is 0.467. The van der Waals surface area contributed by atoms with E-state index < -0.39 is 12.0 Å². The lowest BCUT2D eigenvalue weighted by molar-refractivity contribution is -0.146. The summed E-state index contributed by atoms with van der Waals surface area (Å²) < 4.78 is 12.2. The van der Waals surface area contributed by atoms with Gasteiger partial charge in [-0.15, -0.1) is 0 Å². The minimum absolute atomic E-state index is 0.0120. The van der Waals surface area contributed by atoms with E-state index in [1.807, 2.05) is 56.3 Å². The number of carbonyl (C=O) groups excluding carboxylic acids is 2. The van der Waals surface area contributed by atoms with Gasteiger partial charge in [0.2, 0.25) is 5.91 Å². The molecule has 1 aromatic heterocycles. The molecule has 1 heterocycles. The number of aromatic nitrogens is 2. The average molecular weight is 522 g/mol. The molecule has 0 spiro atoms. The van der Waals surface area contributed by atoms with Crippen LogP contribution in [-0.4, -0.2) is 46.1 Å². The number of rotatable bonds is 13. The van der Waals surface area contributed by atoms with Crippen LogP contribution in [0.4, 0.5) is 0 Å². The molecule has 0 radical (unpaired) electrons. The fourth-order valence-corrected chi connectivity index (χ4v) is 4.46. The van der Waals surface area contributed by atoms with Gasteiger partial charge in [0.25, 0.3) is 5.56 Å². The second-order valence-corrected chi connectivity index (χ2v) is 9.55. The summed E-state index contributed by atoms with van der Waals surface area (Å²) >= 11 is 0. The number of hydrogen-bond acceptors (Lipinski definition) is 6. The predicted molar refractivity (Wildman–Crippen MR) is 149 cm³/mol. The summed E-state index contributed by atoms with van der Waals surface area (Å²) in [5.74, 6) is 1.01. The predicted octanol–water partition coefficient (Wildman–Crippen LogP) is 5.45. The smallest absolute Gasteiger partial charge is 0.306 e. The Morgan fingerprint density at radius 3 is 2.32 bits per heavy atom. The minimum atomic E-state index is -0.465. The van der Waals surface area contributed by atoms with Gasteiger partial charge < -0.3 is 14.4 Å². The summed E-state index contributed by atoms with van der Waals surface area (Å²) in [6.07, 6.45) is 1.37. The van der Waals surface area contributed by atoms with Crippen molar-refractivity contribution in [1.29, 1.82) is 0 Å². The van der Waals surface area contributed by atoms with Gasteiger partial charge in [-0.25, -0.2) is 4.98 Å². The number of esters is 1. The topological polar surface area (TPSA) is 90.7 Å². The monoisotopic (exact) mass is 521 g/mol. The van der Waals surface area contributed by atoms with E-state index in [0.717, 1.165) is 6.42 Å². The number of carbonyl (C=O) groups is 2. The van der Waals surface area contributed by atoms with Gasteiger partial charge in [0, 0.05) is 13.0 Å². The number of nitrogens with zero attached hydrogens (tertiary/aromatic N) is 3. The highest BCUT2D eigenvalue weighted by atomic mass is 16.5. The van der Waals surface area contributed by atoms with Gasteiger partial charge in [-0.05, 0) is 69.0 Å². The zero-order valence-corrected chi connectivity index (χ0v) is 23.1. The van der Waals surface area contributed by atoms with E-state index in [4.69, 9.17) is 14.5 Å². The molecule has 1 atom stereocenters. The van der Waals surface area contributed by atoms with Crippen LogP contribution in [0.1, 0.15) is 72.2 Å². The highest BCUT2D eigenvalue weighted by Crippen LogP contribution is 2.28. The molecule has 38 heavy (non-hydrogen) atoms. The zero-order valence-electron chi connectivity index (χ0n) is 23.1. The summed E-state index contributed by atoms with van der Waals surface area (Å²) in [6, 6.07) is 14.1. The Morgan fingerprint density at radius 1 is 0.974 bits per heavy atom. The van der Waals surface area contributed by atoms with Gasteiger partial charge >= 0.3 is 5.97 Å². The minimum Gasteiger partial charge on any atom is -0.494 e. The number of amides is 1. The molecule has 1 amide bonds. The SMILES string of the molecule is CCOC(=O)CCC(=O)N(CCC(C)C)C(CC)c1nc2ccccc2c(=O)n1-c1ccc(OCC)cc1. The maximum Gasteiger partial charge on any atom is 0.306 e. The molecule has 0 fully saturated rings. The quantitative estimate of drug-likeness (QED) is 0.278. The van der Waals surface area contributed by atoms with Crippen molar-refractivity contribution in [2.75, 3.05) is 19.8 Å². The summed E-state index contributed by atoms with van der Waals surface area (Å²) in [5, 5.41) is 0.502. The van der Waals surface area contributed by atoms with Crippen molar-refractivity contribution in [2.45, 2.75) is 66.3 Å². The van der Waals surface area contributed by atoms with Crippen LogP contribution in [0.2, 0.25) is 0 Å². The Morgan fingerprint density at radius 2 is 1.68 bits per heavy atom. The first-order chi connectivity index (χ1) is 18.3. The molecular weight excluding hydrogens is 482 g/mol. The Kier molecular flexibility index (Phi) is 10.4. The molecule has 2 aromatic carbocycles. The first-order valence-electron chi connectivity index (χ1n) is 13.5. The maximum atomic E-state index is 13.9. The van der Waals surface area contributed by atoms with E-state index in [1.165, 1.54) is 0 Å². The summed E-state index contributed by atoms with van der Waals surface area (Å²) in [7, 11) is 0. The van der Waals surface area contributed by atoms with Gasteiger partial charge in [-0.2, -0.15) is 0 Å². The third-order valence-corrected chi connectivity index (χ3v) is 6.38. The number of benzene rings is 2. The molecule has 0 aliphatic rings. The van der Waals surface area contributed by atoms with E-state index >= 15 is 0 Å². The fourth-order valence-electron chi connectivity index (χ4n) is 4.46. The average Bonchev–Trinajstić information content (AvgIpc) is 2.90. The highest BCUT2D eigenvalue weighted by Gasteiger charge is 2.29. The second-order valence-electron chi connectivity index (χ2n) is 9.55. The molecule has 8 nitrogen and oxygen atoms in total. The lowest BCUT2D eigenvalue weighted by Gasteiger charge is -2.33. The molecule has 0 saturated carbocycles. The molecule has 1 unspecified atom stereocenters. The first-order valence-corrected chi connectivity index (χ1v) is 13.5. The molecule has 0 aliphatic heterocycles. The Bertz CT molecular complexity index is 1280. The van der Waals surface area contributed by atoms with Crippen molar-refractivity contribution >= 4 is 22.8 Å². The van der Waals surface area contributed by atoms with Crippen LogP contribution < -0.4 is 10.3 Å². The molecular formula is C30H39N3O5. The number of para-hydroxylation sites is 1. The van der Waals surface area contributed by atoms with Crippen LogP contribution in [0.5, 0.6) is 5.75 Å². The van der Waals surface area contributed by atoms with Gasteiger partial charge in [-0.1, -0.05) is 32.9 Å². The zero-order chi connectivity index (χ0) is 27.7. The van der Waals surface area contributed by atoms with Gasteiger partial charge in [0.05, 0.1) is 42.3 Å². The standard InChI is InChI=1S/C30H39N3O5/c1-6-26(32(20-19-21(4)5)27(34)17-18-28(35)38-8-3)29-31-25-12-10-9-11-24(25)30(36)33(29)22-13-15-23(16-14-22)37-7-2/h9-16,21,26H,6-8,17-20H2,1-5H3. The highest BCUT2D eigenvalue weighted by molar-refractivity contribution is 5.82. The third kappa shape index (κ3) is 7.00. The van der Waals surface area contributed by atoms with Crippen molar-refractivity contribution in [2.24, 2.45) is 5.92 Å². The Hall–Kier alpha value is -3.68. The van der Waals surface area contributed by atoms with Crippen LogP contribution in [0, 0.1) is 5.92 Å². The van der Waals surface area contributed by atoms with Crippen molar-refractivity contribution in [1.82, 2.24) is 14.5 Å². The number of hydrogen-bond donors (Lipinski definition) is 0. The Balaban J connectivity index is 2.14. The Labute approximate surface area is 224 Å². The van der Waals surface area contributed by atoms with E-state index in [1.54, 1.807) is 22.5 Å². The van der Waals surface area contributed by atoms with Gasteiger partial charge in [-0.3, -0.25) is 19.0 Å². The van der Waals surface area contributed by atoms with Crippen molar-refractivity contribution in [3.8, 4) is 11.4 Å². The third-order valence-electron chi connectivity index (χ3n) is 6.38. The van der Waals surface area contributed by atoms with Crippen LogP contribution >= 0.6 is 0 Å². The largest absolute Gasteiger partial charge is 0.494 e. The van der Waals surface area contributed by atoms with Crippen LogP contribution in [0.15, 0.2) is 53.3 Å². The van der Waals surface area contributed by atoms with Gasteiger partial charge in [0.1, 0.15) is 11.6 Å². The molecule has 3 rings (SSSR count). The molecule has 3 aromatic rings. The maximum absolute atomic E-state index is 13.9. The van der Waals surface area contributed by atoms with E-state index in [9.17, 15) is 14.4 Å². The second kappa shape index (κ2) is 13.7. The van der Waals surface area contributed by atoms with E-state index in [0.29, 0.717) is 53.7 Å². The lowest BCUT2D eigenvalue weighted by Crippen LogP contribution is -2.39. The van der Waals surface area contributed by atoms with E-state index in [-0.39, 0.29) is 30.9 Å². The van der Waals surface area contributed by atoms with Crippen LogP contribution in [0.25, 0.3) is 16.6 Å². The molecule has 204 valence electrons. The van der Waals surface area contributed by atoms with Gasteiger partial charge in [0.15, 0.2) is 0 Å². The number of ether oxygens (including phenoxy) is 2. The first kappa shape index (κ1) is 28.9. The molecule has 0 N–H and O–H groups in total. The molecule has 0 bridgehead atoms. The van der Waals surface area contributed by atoms with Crippen molar-refractivity contribution in [3.63, 3.8) is 0 Å².